The first kappa shape index (κ1) is 24.0. The van der Waals surface area contributed by atoms with Crippen molar-refractivity contribution in [2.24, 2.45) is 0 Å². The lowest BCUT2D eigenvalue weighted by Gasteiger charge is -2.25. The van der Waals surface area contributed by atoms with E-state index in [-0.39, 0.29) is 38.7 Å². The van der Waals surface area contributed by atoms with E-state index in [2.05, 4.69) is 4.74 Å². The molecule has 3 atom stereocenters. The number of methoxy groups -OCH3 is 4. The molecule has 0 rings (SSSR count). The summed E-state index contributed by atoms with van der Waals surface area (Å²) >= 11 is 0. The minimum Gasteiger partial charge on any atom is -0.466 e. The van der Waals surface area contributed by atoms with E-state index in [1.165, 1.54) is 13.2 Å². The Morgan fingerprint density at radius 1 is 0.840 bits per heavy atom. The van der Waals surface area contributed by atoms with E-state index in [4.69, 9.17) is 28.4 Å². The molecule has 0 unspecified atom stereocenters. The number of rotatable bonds is 16. The van der Waals surface area contributed by atoms with Crippen LogP contribution in [0.15, 0.2) is 12.2 Å². The van der Waals surface area contributed by atoms with Gasteiger partial charge in [-0.2, -0.15) is 0 Å². The van der Waals surface area contributed by atoms with Crippen molar-refractivity contribution < 1.29 is 38.0 Å². The molecule has 0 aromatic heterocycles. The third-order valence-electron chi connectivity index (χ3n) is 3.29. The van der Waals surface area contributed by atoms with Gasteiger partial charge in [0.2, 0.25) is 0 Å². The molecule has 0 saturated carbocycles. The third-order valence-corrected chi connectivity index (χ3v) is 3.29. The third kappa shape index (κ3) is 13.9. The summed E-state index contributed by atoms with van der Waals surface area (Å²) in [6.07, 6.45) is 4.49. The number of carbonyl (C=O) groups excluding carboxylic acids is 1. The molecule has 0 aliphatic carbocycles. The van der Waals surface area contributed by atoms with Crippen LogP contribution in [0.1, 0.15) is 26.2 Å². The molecular formula is C17H32O8. The van der Waals surface area contributed by atoms with Crippen LogP contribution >= 0.6 is 0 Å². The maximum absolute atomic E-state index is 11.2. The Morgan fingerprint density at radius 3 is 1.96 bits per heavy atom. The van der Waals surface area contributed by atoms with E-state index < -0.39 is 5.97 Å². The highest BCUT2D eigenvalue weighted by atomic mass is 16.7. The molecule has 0 radical (unpaired) electrons. The number of ether oxygens (including phenoxy) is 7. The topological polar surface area (TPSA) is 81.7 Å². The Morgan fingerprint density at radius 2 is 1.40 bits per heavy atom. The van der Waals surface area contributed by atoms with Crippen molar-refractivity contribution in [2.75, 3.05) is 48.8 Å². The number of hydrogen-bond donors (Lipinski definition) is 0. The van der Waals surface area contributed by atoms with Gasteiger partial charge in [0.1, 0.15) is 20.4 Å². The second-order valence-electron chi connectivity index (χ2n) is 5.41. The Balaban J connectivity index is 4.66. The molecule has 148 valence electrons. The lowest BCUT2D eigenvalue weighted by atomic mass is 10.0. The summed E-state index contributed by atoms with van der Waals surface area (Å²) in [6, 6.07) is 0. The van der Waals surface area contributed by atoms with Gasteiger partial charge in [0.15, 0.2) is 0 Å². The van der Waals surface area contributed by atoms with Crippen LogP contribution < -0.4 is 0 Å². The molecule has 0 bridgehead atoms. The molecule has 25 heavy (non-hydrogen) atoms. The summed E-state index contributed by atoms with van der Waals surface area (Å²) in [4.78, 5) is 11.2. The van der Waals surface area contributed by atoms with E-state index in [9.17, 15) is 4.79 Å². The quantitative estimate of drug-likeness (QED) is 0.233. The summed E-state index contributed by atoms with van der Waals surface area (Å²) < 4.78 is 36.4. The zero-order chi connectivity index (χ0) is 18.9. The molecule has 8 nitrogen and oxygen atoms in total. The van der Waals surface area contributed by atoms with Gasteiger partial charge in [-0.25, -0.2) is 4.79 Å². The summed E-state index contributed by atoms with van der Waals surface area (Å²) in [7, 11) is 6.04. The molecule has 0 amide bonds. The second-order valence-corrected chi connectivity index (χ2v) is 5.41. The molecule has 0 aromatic rings. The van der Waals surface area contributed by atoms with Crippen LogP contribution in [0.25, 0.3) is 0 Å². The predicted octanol–water partition coefficient (Wildman–Crippen LogP) is 1.87. The summed E-state index contributed by atoms with van der Waals surface area (Å²) in [5, 5.41) is 0. The van der Waals surface area contributed by atoms with Crippen LogP contribution in [0, 0.1) is 0 Å². The minimum atomic E-state index is -0.403. The van der Waals surface area contributed by atoms with Gasteiger partial charge in [-0.05, 0) is 19.8 Å². The first-order chi connectivity index (χ1) is 12.1. The van der Waals surface area contributed by atoms with Crippen molar-refractivity contribution in [1.82, 2.24) is 0 Å². The van der Waals surface area contributed by atoms with Crippen molar-refractivity contribution in [3.63, 3.8) is 0 Å². The van der Waals surface area contributed by atoms with E-state index in [0.29, 0.717) is 19.3 Å². The Hall–Kier alpha value is -1.03. The highest BCUT2D eigenvalue weighted by molar-refractivity contribution is 5.81. The predicted molar refractivity (Wildman–Crippen MR) is 90.9 cm³/mol. The van der Waals surface area contributed by atoms with Crippen molar-refractivity contribution in [3.8, 4) is 0 Å². The molecule has 0 aliphatic rings. The second kappa shape index (κ2) is 16.4. The maximum Gasteiger partial charge on any atom is 0.330 e. The van der Waals surface area contributed by atoms with E-state index in [1.54, 1.807) is 27.4 Å². The van der Waals surface area contributed by atoms with Crippen LogP contribution in [-0.2, 0) is 38.0 Å². The molecule has 0 N–H and O–H groups in total. The molecular weight excluding hydrogens is 332 g/mol. The van der Waals surface area contributed by atoms with Crippen molar-refractivity contribution in [3.05, 3.63) is 12.2 Å². The Labute approximate surface area is 150 Å². The molecule has 0 aromatic carbocycles. The zero-order valence-corrected chi connectivity index (χ0v) is 15.9. The van der Waals surface area contributed by atoms with Crippen LogP contribution in [0.4, 0.5) is 0 Å². The molecule has 0 heterocycles. The largest absolute Gasteiger partial charge is 0.466 e. The summed E-state index contributed by atoms with van der Waals surface area (Å²) in [5.41, 5.74) is 0. The highest BCUT2D eigenvalue weighted by Gasteiger charge is 2.20. The van der Waals surface area contributed by atoms with Crippen LogP contribution in [0.3, 0.4) is 0 Å². The molecule has 0 fully saturated rings. The van der Waals surface area contributed by atoms with Crippen molar-refractivity contribution in [2.45, 2.75) is 44.5 Å². The lowest BCUT2D eigenvalue weighted by Crippen LogP contribution is -2.28. The average Bonchev–Trinajstić information content (AvgIpc) is 2.61. The smallest absolute Gasteiger partial charge is 0.330 e. The van der Waals surface area contributed by atoms with E-state index >= 15 is 0 Å². The van der Waals surface area contributed by atoms with Crippen LogP contribution in [-0.4, -0.2) is 73.1 Å². The average molecular weight is 364 g/mol. The van der Waals surface area contributed by atoms with Gasteiger partial charge in [0.05, 0.1) is 25.4 Å². The van der Waals surface area contributed by atoms with E-state index in [0.717, 1.165) is 0 Å². The Kier molecular flexibility index (Phi) is 15.8. The van der Waals surface area contributed by atoms with Gasteiger partial charge >= 0.3 is 5.97 Å². The van der Waals surface area contributed by atoms with Gasteiger partial charge in [0, 0.05) is 33.8 Å². The van der Waals surface area contributed by atoms with Crippen LogP contribution in [0.5, 0.6) is 0 Å². The standard InChI is InChI=1S/C17H32O8/c1-14(23-11-19-2)9-16(25-13-21-4)10-15(24-12-20-3)7-6-8-17(18)22-5/h6,8,14-16H,7,9-13H2,1-5H3/b8-6+/t14-,15+,16-/m0/s1. The fraction of sp³-hybridized carbons (Fsp3) is 0.824. The SMILES string of the molecule is COCO[C@H](C/C=C/C(=O)OC)C[C@H](C[C@H](C)OCOC)OCOC. The van der Waals surface area contributed by atoms with Crippen molar-refractivity contribution in [1.29, 1.82) is 0 Å². The van der Waals surface area contributed by atoms with Gasteiger partial charge in [-0.1, -0.05) is 6.08 Å². The highest BCUT2D eigenvalue weighted by Crippen LogP contribution is 2.17. The van der Waals surface area contributed by atoms with Gasteiger partial charge in [0.25, 0.3) is 0 Å². The normalized spacial score (nSPS) is 15.2. The first-order valence-corrected chi connectivity index (χ1v) is 8.13. The molecule has 0 spiro atoms. The number of hydrogen-bond acceptors (Lipinski definition) is 8. The lowest BCUT2D eigenvalue weighted by molar-refractivity contribution is -0.134. The molecule has 0 saturated heterocycles. The number of esters is 1. The maximum atomic E-state index is 11.2. The summed E-state index contributed by atoms with van der Waals surface area (Å²) in [5.74, 6) is -0.403. The van der Waals surface area contributed by atoms with Gasteiger partial charge < -0.3 is 33.2 Å². The molecule has 0 aliphatic heterocycles. The number of carbonyl (C=O) groups is 1. The zero-order valence-electron chi connectivity index (χ0n) is 15.9. The minimum absolute atomic E-state index is 0.0458. The van der Waals surface area contributed by atoms with Crippen molar-refractivity contribution >= 4 is 5.97 Å². The summed E-state index contributed by atoms with van der Waals surface area (Å²) in [6.45, 7) is 2.51. The van der Waals surface area contributed by atoms with E-state index in [1.807, 2.05) is 6.92 Å². The van der Waals surface area contributed by atoms with Crippen LogP contribution in [0.2, 0.25) is 0 Å². The Bertz CT molecular complexity index is 348. The van der Waals surface area contributed by atoms with Gasteiger partial charge in [-0.3, -0.25) is 0 Å². The van der Waals surface area contributed by atoms with Gasteiger partial charge in [-0.15, -0.1) is 0 Å². The molecule has 8 heteroatoms. The first-order valence-electron chi connectivity index (χ1n) is 8.13. The fourth-order valence-corrected chi connectivity index (χ4v) is 2.09. The fourth-order valence-electron chi connectivity index (χ4n) is 2.09. The monoisotopic (exact) mass is 364 g/mol.